The lowest BCUT2D eigenvalue weighted by Crippen LogP contribution is -2.49. The maximum atomic E-state index is 13.0. The molecule has 2 saturated heterocycles. The van der Waals surface area contributed by atoms with Crippen LogP contribution in [0.5, 0.6) is 5.75 Å². The van der Waals surface area contributed by atoms with Crippen molar-refractivity contribution in [2.24, 2.45) is 5.73 Å². The van der Waals surface area contributed by atoms with Crippen molar-refractivity contribution < 1.29 is 22.7 Å². The molecular weight excluding hydrogens is 443 g/mol. The van der Waals surface area contributed by atoms with Crippen LogP contribution in [0.3, 0.4) is 0 Å². The molecule has 1 amide bonds. The summed E-state index contributed by atoms with van der Waals surface area (Å²) < 4.78 is 44.4. The summed E-state index contributed by atoms with van der Waals surface area (Å²) in [6.45, 7) is 8.93. The normalized spacial score (nSPS) is 21.2. The first kappa shape index (κ1) is 24.5. The number of piperazine rings is 1. The van der Waals surface area contributed by atoms with E-state index in [0.29, 0.717) is 25.3 Å². The molecule has 1 unspecified atom stereocenters. The van der Waals surface area contributed by atoms with E-state index < -0.39 is 11.7 Å². The molecule has 0 spiro atoms. The van der Waals surface area contributed by atoms with Crippen LogP contribution in [0, 0.1) is 13.8 Å². The Kier molecular flexibility index (Phi) is 6.92. The summed E-state index contributed by atoms with van der Waals surface area (Å²) >= 11 is 0. The molecule has 2 aromatic carbocycles. The van der Waals surface area contributed by atoms with Crippen molar-refractivity contribution in [3.63, 3.8) is 0 Å². The fourth-order valence-corrected chi connectivity index (χ4v) is 5.26. The third kappa shape index (κ3) is 4.66. The van der Waals surface area contributed by atoms with E-state index in [1.54, 1.807) is 0 Å². The van der Waals surface area contributed by atoms with Crippen molar-refractivity contribution in [3.8, 4) is 5.75 Å². The van der Waals surface area contributed by atoms with Gasteiger partial charge in [0.1, 0.15) is 5.75 Å². The van der Waals surface area contributed by atoms with Crippen LogP contribution in [0.1, 0.15) is 58.4 Å². The van der Waals surface area contributed by atoms with Crippen molar-refractivity contribution in [2.75, 3.05) is 26.2 Å². The van der Waals surface area contributed by atoms with Gasteiger partial charge in [0.2, 0.25) is 0 Å². The molecule has 0 aromatic heterocycles. The summed E-state index contributed by atoms with van der Waals surface area (Å²) in [5.41, 5.74) is 8.70. The topological polar surface area (TPSA) is 58.8 Å². The van der Waals surface area contributed by atoms with Crippen LogP contribution in [0.4, 0.5) is 13.2 Å². The lowest BCUT2D eigenvalue weighted by atomic mass is 9.96. The maximum absolute atomic E-state index is 13.0. The molecule has 2 fully saturated rings. The fraction of sp³-hybridized carbons (Fsp3) is 0.500. The molecule has 2 heterocycles. The number of carbonyl (C=O) groups excluding carboxylic acids is 1. The van der Waals surface area contributed by atoms with Gasteiger partial charge in [-0.3, -0.25) is 9.69 Å². The average molecular weight is 476 g/mol. The number of amides is 1. The zero-order chi connectivity index (χ0) is 24.6. The van der Waals surface area contributed by atoms with Gasteiger partial charge in [0.05, 0.1) is 12.2 Å². The van der Waals surface area contributed by atoms with Crippen LogP contribution in [-0.4, -0.2) is 54.0 Å². The zero-order valence-corrected chi connectivity index (χ0v) is 19.9. The molecule has 34 heavy (non-hydrogen) atoms. The van der Waals surface area contributed by atoms with E-state index in [1.165, 1.54) is 23.3 Å². The third-order valence-electron chi connectivity index (χ3n) is 7.34. The van der Waals surface area contributed by atoms with Gasteiger partial charge in [-0.15, -0.1) is 0 Å². The minimum atomic E-state index is -4.41. The number of halogens is 3. The number of likely N-dealkylation sites (tertiary alicyclic amines) is 2. The SMILES string of the molecule is Cc1c(OCCCN)ccc(C(C)N2C[C@@H]3C[C@@H]2CN3C(=O)c2ccc(C(F)(F)F)cc2)c1C. The first-order chi connectivity index (χ1) is 16.1. The number of hydrogen-bond donors (Lipinski definition) is 1. The summed E-state index contributed by atoms with van der Waals surface area (Å²) in [6, 6.07) is 9.16. The molecule has 3 atom stereocenters. The van der Waals surface area contributed by atoms with E-state index in [0.717, 1.165) is 42.8 Å². The van der Waals surface area contributed by atoms with Gasteiger partial charge < -0.3 is 15.4 Å². The Labute approximate surface area is 198 Å². The van der Waals surface area contributed by atoms with E-state index in [9.17, 15) is 18.0 Å². The van der Waals surface area contributed by atoms with E-state index in [1.807, 2.05) is 11.0 Å². The molecule has 0 aliphatic carbocycles. The average Bonchev–Trinajstić information content (AvgIpc) is 3.42. The third-order valence-corrected chi connectivity index (χ3v) is 7.34. The van der Waals surface area contributed by atoms with Gasteiger partial charge in [-0.05, 0) is 87.2 Å². The van der Waals surface area contributed by atoms with Crippen LogP contribution in [0.25, 0.3) is 0 Å². The maximum Gasteiger partial charge on any atom is 0.416 e. The minimum absolute atomic E-state index is 0.0718. The molecule has 2 aliphatic rings. The van der Waals surface area contributed by atoms with E-state index >= 15 is 0 Å². The van der Waals surface area contributed by atoms with Gasteiger partial charge in [0.15, 0.2) is 0 Å². The zero-order valence-electron chi connectivity index (χ0n) is 19.9. The molecule has 2 N–H and O–H groups in total. The summed E-state index contributed by atoms with van der Waals surface area (Å²) in [5.74, 6) is 0.692. The van der Waals surface area contributed by atoms with Crippen LogP contribution >= 0.6 is 0 Å². The van der Waals surface area contributed by atoms with Crippen LogP contribution in [0.2, 0.25) is 0 Å². The lowest BCUT2D eigenvalue weighted by Gasteiger charge is -2.38. The second-order valence-corrected chi connectivity index (χ2v) is 9.34. The molecule has 2 bridgehead atoms. The number of benzene rings is 2. The highest BCUT2D eigenvalue weighted by Crippen LogP contribution is 2.39. The summed E-state index contributed by atoms with van der Waals surface area (Å²) in [6.07, 6.45) is -2.71. The Balaban J connectivity index is 1.42. The molecule has 5 nitrogen and oxygen atoms in total. The van der Waals surface area contributed by atoms with Gasteiger partial charge in [0, 0.05) is 36.8 Å². The molecule has 2 aliphatic heterocycles. The standard InChI is InChI=1S/C26H32F3N3O2/c1-16-17(2)24(34-12-4-11-30)10-9-23(16)18(3)31-14-22-13-21(31)15-32(22)25(33)19-5-7-20(8-6-19)26(27,28)29/h5-10,18,21-22H,4,11-15,30H2,1-3H3/t18?,21-,22+/m1/s1. The highest BCUT2D eigenvalue weighted by atomic mass is 19.4. The number of nitrogens with zero attached hydrogens (tertiary/aromatic N) is 2. The van der Waals surface area contributed by atoms with E-state index in [4.69, 9.17) is 10.5 Å². The summed E-state index contributed by atoms with van der Waals surface area (Å²) in [5, 5.41) is 0. The quantitative estimate of drug-likeness (QED) is 0.590. The highest BCUT2D eigenvalue weighted by Gasteiger charge is 2.47. The van der Waals surface area contributed by atoms with Gasteiger partial charge in [0.25, 0.3) is 5.91 Å². The molecule has 4 rings (SSSR count). The van der Waals surface area contributed by atoms with E-state index in [2.05, 4.69) is 31.7 Å². The van der Waals surface area contributed by atoms with Crippen molar-refractivity contribution in [1.29, 1.82) is 0 Å². The van der Waals surface area contributed by atoms with Crippen molar-refractivity contribution in [2.45, 2.75) is 57.9 Å². The van der Waals surface area contributed by atoms with Crippen molar-refractivity contribution >= 4 is 5.91 Å². The second kappa shape index (κ2) is 9.58. The minimum Gasteiger partial charge on any atom is -0.493 e. The molecule has 2 aromatic rings. The Morgan fingerprint density at radius 3 is 2.38 bits per heavy atom. The van der Waals surface area contributed by atoms with Crippen LogP contribution in [0.15, 0.2) is 36.4 Å². The number of hydrogen-bond acceptors (Lipinski definition) is 4. The molecular formula is C26H32F3N3O2. The predicted octanol–water partition coefficient (Wildman–Crippen LogP) is 4.71. The van der Waals surface area contributed by atoms with Gasteiger partial charge >= 0.3 is 6.18 Å². The summed E-state index contributed by atoms with van der Waals surface area (Å²) in [4.78, 5) is 17.3. The predicted molar refractivity (Wildman–Crippen MR) is 125 cm³/mol. The monoisotopic (exact) mass is 475 g/mol. The first-order valence-corrected chi connectivity index (χ1v) is 11.8. The molecule has 0 saturated carbocycles. The molecule has 0 radical (unpaired) electrons. The van der Waals surface area contributed by atoms with E-state index in [-0.39, 0.29) is 24.0 Å². The molecule has 8 heteroatoms. The number of carbonyl (C=O) groups is 1. The lowest BCUT2D eigenvalue weighted by molar-refractivity contribution is -0.137. The molecule has 184 valence electrons. The number of ether oxygens (including phenoxy) is 1. The van der Waals surface area contributed by atoms with Crippen LogP contribution in [-0.2, 0) is 6.18 Å². The number of nitrogens with two attached hydrogens (primary N) is 1. The smallest absolute Gasteiger partial charge is 0.416 e. The number of rotatable bonds is 7. The first-order valence-electron chi connectivity index (χ1n) is 11.8. The number of alkyl halides is 3. The van der Waals surface area contributed by atoms with Gasteiger partial charge in [-0.2, -0.15) is 13.2 Å². The number of fused-ring (bicyclic) bond motifs is 2. The van der Waals surface area contributed by atoms with Crippen molar-refractivity contribution in [3.05, 3.63) is 64.2 Å². The largest absolute Gasteiger partial charge is 0.493 e. The fourth-order valence-electron chi connectivity index (χ4n) is 5.26. The summed E-state index contributed by atoms with van der Waals surface area (Å²) in [7, 11) is 0. The van der Waals surface area contributed by atoms with Gasteiger partial charge in [-0.1, -0.05) is 6.07 Å². The second-order valence-electron chi connectivity index (χ2n) is 9.34. The van der Waals surface area contributed by atoms with Gasteiger partial charge in [-0.25, -0.2) is 0 Å². The highest BCUT2D eigenvalue weighted by molar-refractivity contribution is 5.94. The Bertz CT molecular complexity index is 1040. The van der Waals surface area contributed by atoms with Crippen LogP contribution < -0.4 is 10.5 Å². The van der Waals surface area contributed by atoms with Crippen molar-refractivity contribution in [1.82, 2.24) is 9.80 Å². The Hall–Kier alpha value is -2.58. The Morgan fingerprint density at radius 1 is 1.09 bits per heavy atom. The Morgan fingerprint density at radius 2 is 1.79 bits per heavy atom.